The molecule has 1 amide bonds. The number of carbonyl (C=O) groups excluding carboxylic acids is 1. The Morgan fingerprint density at radius 2 is 2.15 bits per heavy atom. The highest BCUT2D eigenvalue weighted by Crippen LogP contribution is 2.06. The Morgan fingerprint density at radius 1 is 1.46 bits per heavy atom. The molecule has 0 aromatic carbocycles. The highest BCUT2D eigenvalue weighted by molar-refractivity contribution is 5.79. The van der Waals surface area contributed by atoms with Crippen molar-refractivity contribution in [2.45, 2.75) is 19.9 Å². The lowest BCUT2D eigenvalue weighted by molar-refractivity contribution is -0.137. The summed E-state index contributed by atoms with van der Waals surface area (Å²) in [4.78, 5) is 15.2. The van der Waals surface area contributed by atoms with Gasteiger partial charge < -0.3 is 4.90 Å². The van der Waals surface area contributed by atoms with E-state index in [2.05, 4.69) is 0 Å². The zero-order chi connectivity index (χ0) is 9.84. The fourth-order valence-electron chi connectivity index (χ4n) is 1.59. The van der Waals surface area contributed by atoms with Crippen LogP contribution in [0.4, 0.5) is 4.39 Å². The maximum atomic E-state index is 12.0. The topological polar surface area (TPSA) is 23.6 Å². The normalized spacial score (nSPS) is 20.0. The largest absolute Gasteiger partial charge is 0.338 e. The van der Waals surface area contributed by atoms with Gasteiger partial charge in [0, 0.05) is 25.7 Å². The van der Waals surface area contributed by atoms with Crippen LogP contribution in [0.3, 0.4) is 0 Å². The van der Waals surface area contributed by atoms with Crippen molar-refractivity contribution in [3.8, 4) is 0 Å². The standard InChI is InChI=1S/C9H17FN2O/c1-8(2)12-6-5-11(4-3-10)7-9(12)13/h8H,3-7H2,1-2H3. The number of piperazine rings is 1. The van der Waals surface area contributed by atoms with Gasteiger partial charge in [0.25, 0.3) is 0 Å². The molecule has 0 N–H and O–H groups in total. The molecule has 0 aromatic rings. The van der Waals surface area contributed by atoms with Crippen LogP contribution in [0.15, 0.2) is 0 Å². The molecular formula is C9H17FN2O. The smallest absolute Gasteiger partial charge is 0.237 e. The Hall–Kier alpha value is -0.640. The van der Waals surface area contributed by atoms with E-state index in [1.807, 2.05) is 23.6 Å². The van der Waals surface area contributed by atoms with Gasteiger partial charge in [-0.2, -0.15) is 0 Å². The van der Waals surface area contributed by atoms with E-state index in [0.29, 0.717) is 13.1 Å². The van der Waals surface area contributed by atoms with Gasteiger partial charge in [-0.05, 0) is 13.8 Å². The van der Waals surface area contributed by atoms with Crippen LogP contribution < -0.4 is 0 Å². The maximum Gasteiger partial charge on any atom is 0.237 e. The summed E-state index contributed by atoms with van der Waals surface area (Å²) in [6.07, 6.45) is 0. The summed E-state index contributed by atoms with van der Waals surface area (Å²) in [7, 11) is 0. The molecule has 0 unspecified atom stereocenters. The van der Waals surface area contributed by atoms with Gasteiger partial charge in [0.05, 0.1) is 6.54 Å². The second-order valence-electron chi connectivity index (χ2n) is 3.65. The van der Waals surface area contributed by atoms with Gasteiger partial charge in [0.15, 0.2) is 0 Å². The van der Waals surface area contributed by atoms with Crippen LogP contribution in [0.2, 0.25) is 0 Å². The molecule has 0 bridgehead atoms. The number of halogens is 1. The third-order valence-corrected chi connectivity index (χ3v) is 2.36. The van der Waals surface area contributed by atoms with E-state index in [1.165, 1.54) is 0 Å². The fourth-order valence-corrected chi connectivity index (χ4v) is 1.59. The second kappa shape index (κ2) is 4.56. The summed E-state index contributed by atoms with van der Waals surface area (Å²) in [6.45, 7) is 5.94. The van der Waals surface area contributed by atoms with E-state index in [4.69, 9.17) is 0 Å². The van der Waals surface area contributed by atoms with Gasteiger partial charge >= 0.3 is 0 Å². The maximum absolute atomic E-state index is 12.0. The average molecular weight is 188 g/mol. The van der Waals surface area contributed by atoms with Crippen molar-refractivity contribution in [3.63, 3.8) is 0 Å². The van der Waals surface area contributed by atoms with E-state index in [0.717, 1.165) is 13.1 Å². The molecule has 0 radical (unpaired) electrons. The van der Waals surface area contributed by atoms with Gasteiger partial charge in [-0.15, -0.1) is 0 Å². The van der Waals surface area contributed by atoms with Gasteiger partial charge in [0.1, 0.15) is 6.67 Å². The first-order valence-electron chi connectivity index (χ1n) is 4.73. The first kappa shape index (κ1) is 10.4. The Morgan fingerprint density at radius 3 is 2.62 bits per heavy atom. The number of rotatable bonds is 3. The molecule has 76 valence electrons. The molecule has 0 aromatic heterocycles. The lowest BCUT2D eigenvalue weighted by Crippen LogP contribution is -2.52. The summed E-state index contributed by atoms with van der Waals surface area (Å²) < 4.78 is 12.0. The van der Waals surface area contributed by atoms with Crippen LogP contribution >= 0.6 is 0 Å². The Labute approximate surface area is 78.5 Å². The second-order valence-corrected chi connectivity index (χ2v) is 3.65. The highest BCUT2D eigenvalue weighted by atomic mass is 19.1. The van der Waals surface area contributed by atoms with E-state index in [1.54, 1.807) is 0 Å². The molecule has 4 heteroatoms. The van der Waals surface area contributed by atoms with Gasteiger partial charge in [-0.3, -0.25) is 9.69 Å². The van der Waals surface area contributed by atoms with E-state index >= 15 is 0 Å². The zero-order valence-corrected chi connectivity index (χ0v) is 8.29. The molecule has 0 aliphatic carbocycles. The summed E-state index contributed by atoms with van der Waals surface area (Å²) >= 11 is 0. The van der Waals surface area contributed by atoms with Gasteiger partial charge in [-0.1, -0.05) is 0 Å². The first-order chi connectivity index (χ1) is 6.15. The first-order valence-corrected chi connectivity index (χ1v) is 4.73. The molecule has 0 atom stereocenters. The predicted molar refractivity (Wildman–Crippen MR) is 49.3 cm³/mol. The quantitative estimate of drug-likeness (QED) is 0.644. The predicted octanol–water partition coefficient (Wildman–Crippen LogP) is 0.509. The fraction of sp³-hybridized carbons (Fsp3) is 0.889. The minimum atomic E-state index is -0.366. The molecule has 13 heavy (non-hydrogen) atoms. The van der Waals surface area contributed by atoms with Crippen LogP contribution in [0.5, 0.6) is 0 Å². The highest BCUT2D eigenvalue weighted by Gasteiger charge is 2.24. The zero-order valence-electron chi connectivity index (χ0n) is 8.29. The summed E-state index contributed by atoms with van der Waals surface area (Å²) in [5.74, 6) is 0.120. The van der Waals surface area contributed by atoms with Crippen molar-refractivity contribution in [3.05, 3.63) is 0 Å². The molecule has 0 spiro atoms. The molecule has 1 heterocycles. The van der Waals surface area contributed by atoms with Gasteiger partial charge in [-0.25, -0.2) is 4.39 Å². The third-order valence-electron chi connectivity index (χ3n) is 2.36. The number of alkyl halides is 1. The Kier molecular flexibility index (Phi) is 3.66. The summed E-state index contributed by atoms with van der Waals surface area (Å²) in [5.41, 5.74) is 0. The molecule has 1 fully saturated rings. The van der Waals surface area contributed by atoms with E-state index < -0.39 is 0 Å². The van der Waals surface area contributed by atoms with E-state index in [9.17, 15) is 9.18 Å². The van der Waals surface area contributed by atoms with Crippen molar-refractivity contribution in [2.75, 3.05) is 32.9 Å². The number of hydrogen-bond acceptors (Lipinski definition) is 2. The van der Waals surface area contributed by atoms with Crippen LogP contribution in [0, 0.1) is 0 Å². The Balaban J connectivity index is 2.42. The van der Waals surface area contributed by atoms with Crippen molar-refractivity contribution < 1.29 is 9.18 Å². The summed E-state index contributed by atoms with van der Waals surface area (Å²) in [6, 6.07) is 0.264. The average Bonchev–Trinajstić information content (AvgIpc) is 2.04. The van der Waals surface area contributed by atoms with Crippen molar-refractivity contribution in [1.82, 2.24) is 9.80 Å². The van der Waals surface area contributed by atoms with Crippen LogP contribution in [0.25, 0.3) is 0 Å². The molecule has 0 saturated carbocycles. The molecule has 1 rings (SSSR count). The third kappa shape index (κ3) is 2.66. The van der Waals surface area contributed by atoms with Gasteiger partial charge in [0.2, 0.25) is 5.91 Å². The number of carbonyl (C=O) groups is 1. The molecule has 3 nitrogen and oxygen atoms in total. The minimum absolute atomic E-state index is 0.120. The van der Waals surface area contributed by atoms with Crippen LogP contribution in [-0.2, 0) is 4.79 Å². The van der Waals surface area contributed by atoms with E-state index in [-0.39, 0.29) is 18.6 Å². The SMILES string of the molecule is CC(C)N1CCN(CCF)CC1=O. The molecule has 1 aliphatic rings. The summed E-state index contributed by atoms with van der Waals surface area (Å²) in [5, 5.41) is 0. The minimum Gasteiger partial charge on any atom is -0.338 e. The number of hydrogen-bond donors (Lipinski definition) is 0. The monoisotopic (exact) mass is 188 g/mol. The number of amides is 1. The van der Waals surface area contributed by atoms with Crippen LogP contribution in [0.1, 0.15) is 13.8 Å². The van der Waals surface area contributed by atoms with Crippen molar-refractivity contribution in [2.24, 2.45) is 0 Å². The van der Waals surface area contributed by atoms with Crippen LogP contribution in [-0.4, -0.2) is 54.6 Å². The lowest BCUT2D eigenvalue weighted by Gasteiger charge is -2.36. The molecular weight excluding hydrogens is 171 g/mol. The Bertz CT molecular complexity index is 184. The molecule has 1 saturated heterocycles. The molecule has 1 aliphatic heterocycles. The van der Waals surface area contributed by atoms with Crippen molar-refractivity contribution in [1.29, 1.82) is 0 Å². The van der Waals surface area contributed by atoms with Crippen molar-refractivity contribution >= 4 is 5.91 Å². The lowest BCUT2D eigenvalue weighted by atomic mass is 10.2. The number of nitrogens with zero attached hydrogens (tertiary/aromatic N) is 2.